The number of aromatic nitrogens is 2. The molecule has 0 aromatic carbocycles. The van der Waals surface area contributed by atoms with Crippen molar-refractivity contribution in [3.8, 4) is 0 Å². The summed E-state index contributed by atoms with van der Waals surface area (Å²) in [5.41, 5.74) is -0.583. The van der Waals surface area contributed by atoms with E-state index in [1.807, 2.05) is 0 Å². The average Bonchev–Trinajstić information content (AvgIpc) is 3.07. The molecule has 1 saturated carbocycles. The van der Waals surface area contributed by atoms with Crippen LogP contribution in [0.2, 0.25) is 0 Å². The van der Waals surface area contributed by atoms with Crippen LogP contribution in [0, 0.1) is 23.7 Å². The van der Waals surface area contributed by atoms with Gasteiger partial charge in [-0.25, -0.2) is 9.59 Å². The quantitative estimate of drug-likeness (QED) is 0.749. The molecule has 2 N–H and O–H groups in total. The second-order valence-electron chi connectivity index (χ2n) is 8.47. The molecule has 1 aromatic rings. The predicted octanol–water partition coefficient (Wildman–Crippen LogP) is 2.95. The van der Waals surface area contributed by atoms with Gasteiger partial charge >= 0.3 is 11.7 Å². The second kappa shape index (κ2) is 8.47. The highest BCUT2D eigenvalue weighted by Crippen LogP contribution is 2.54. The average molecular weight is 424 g/mol. The number of ether oxygens (including phenoxy) is 1. The largest absolute Gasteiger partial charge is 0.478 e. The molecule has 1 amide bonds. The molecule has 1 aromatic heterocycles. The molecule has 1 aliphatic heterocycles. The van der Waals surface area contributed by atoms with Crippen molar-refractivity contribution in [2.24, 2.45) is 23.7 Å². The van der Waals surface area contributed by atoms with Crippen LogP contribution in [0.1, 0.15) is 53.2 Å². The van der Waals surface area contributed by atoms with Gasteiger partial charge in [0.25, 0.3) is 0 Å². The van der Waals surface area contributed by atoms with Crippen molar-refractivity contribution in [2.45, 2.75) is 58.1 Å². The van der Waals surface area contributed by atoms with Crippen LogP contribution in [0.3, 0.4) is 0 Å². The number of carboxylic acids is 1. The Hall–Kier alpha value is -1.87. The van der Waals surface area contributed by atoms with Gasteiger partial charge in [-0.2, -0.15) is 4.98 Å². The number of carboxylic acid groups (broad SMARTS) is 1. The maximum atomic E-state index is 12.5. The number of amides is 1. The molecule has 3 rings (SSSR count). The van der Waals surface area contributed by atoms with Gasteiger partial charge in [-0.3, -0.25) is 9.36 Å². The number of aliphatic carboxylic acids is 1. The van der Waals surface area contributed by atoms with Crippen molar-refractivity contribution in [3.05, 3.63) is 22.7 Å². The first-order valence-electron chi connectivity index (χ1n) is 10.1. The Balaban J connectivity index is 1.89. The van der Waals surface area contributed by atoms with Crippen molar-refractivity contribution in [1.29, 1.82) is 0 Å². The number of hydrogen-bond donors (Lipinski definition) is 2. The molecule has 9 heteroatoms. The highest BCUT2D eigenvalue weighted by Gasteiger charge is 2.57. The third-order valence-corrected chi connectivity index (χ3v) is 7.46. The number of carbonyl (C=O) groups is 2. The van der Waals surface area contributed by atoms with Crippen LogP contribution in [-0.4, -0.2) is 37.2 Å². The van der Waals surface area contributed by atoms with Crippen LogP contribution >= 0.6 is 11.8 Å². The minimum Gasteiger partial charge on any atom is -0.478 e. The van der Waals surface area contributed by atoms with Gasteiger partial charge in [-0.1, -0.05) is 27.2 Å². The van der Waals surface area contributed by atoms with Crippen molar-refractivity contribution < 1.29 is 19.4 Å². The number of nitrogens with zero attached hydrogens (tertiary/aromatic N) is 2. The standard InChI is InChI=1S/C20H29N3O5S/c1-11(2)14-6-5-12(3)9-15(14)20(18(25)26)28-17(10-29-20)23-8-7-16(21-13(4)24)22-19(23)27/h7-8,11-12,14-15,17H,5-6,9-10H2,1-4H3,(H,25,26)(H,21,22,24,27)/t12-,14+,15-,17+,20-/m1/s1. The molecule has 1 saturated heterocycles. The van der Waals surface area contributed by atoms with E-state index >= 15 is 0 Å². The molecule has 1 aliphatic carbocycles. The normalized spacial score (nSPS) is 32.3. The number of rotatable bonds is 5. The van der Waals surface area contributed by atoms with Gasteiger partial charge < -0.3 is 15.2 Å². The zero-order chi connectivity index (χ0) is 21.3. The maximum Gasteiger partial charge on any atom is 0.351 e. The Morgan fingerprint density at radius 1 is 1.41 bits per heavy atom. The lowest BCUT2D eigenvalue weighted by atomic mass is 9.67. The van der Waals surface area contributed by atoms with E-state index in [1.54, 1.807) is 0 Å². The number of thioether (sulfide) groups is 1. The van der Waals surface area contributed by atoms with Gasteiger partial charge in [-0.05, 0) is 36.7 Å². The summed E-state index contributed by atoms with van der Waals surface area (Å²) < 4.78 is 7.47. The summed E-state index contributed by atoms with van der Waals surface area (Å²) in [5.74, 6) is 0.137. The molecule has 0 spiro atoms. The molecule has 2 fully saturated rings. The van der Waals surface area contributed by atoms with Crippen LogP contribution < -0.4 is 11.0 Å². The zero-order valence-electron chi connectivity index (χ0n) is 17.3. The zero-order valence-corrected chi connectivity index (χ0v) is 18.1. The fraction of sp³-hybridized carbons (Fsp3) is 0.700. The molecule has 0 bridgehead atoms. The Kier molecular flexibility index (Phi) is 6.38. The number of carbonyl (C=O) groups excluding carboxylic acids is 1. The summed E-state index contributed by atoms with van der Waals surface area (Å²) in [6.45, 7) is 7.76. The lowest BCUT2D eigenvalue weighted by molar-refractivity contribution is -0.173. The number of nitrogens with one attached hydrogen (secondary N) is 1. The summed E-state index contributed by atoms with van der Waals surface area (Å²) in [4.78, 5) is 38.5. The first kappa shape index (κ1) is 21.8. The summed E-state index contributed by atoms with van der Waals surface area (Å²) >= 11 is 1.28. The van der Waals surface area contributed by atoms with Crippen LogP contribution in [0.5, 0.6) is 0 Å². The number of anilines is 1. The molecule has 8 nitrogen and oxygen atoms in total. The molecule has 0 unspecified atom stereocenters. The van der Waals surface area contributed by atoms with E-state index in [0.717, 1.165) is 19.3 Å². The monoisotopic (exact) mass is 423 g/mol. The van der Waals surface area contributed by atoms with Gasteiger partial charge in [0, 0.05) is 24.8 Å². The van der Waals surface area contributed by atoms with E-state index in [4.69, 9.17) is 4.74 Å². The minimum atomic E-state index is -1.37. The smallest absolute Gasteiger partial charge is 0.351 e. The van der Waals surface area contributed by atoms with Crippen molar-refractivity contribution in [2.75, 3.05) is 11.1 Å². The lowest BCUT2D eigenvalue weighted by Crippen LogP contribution is -2.50. The first-order valence-corrected chi connectivity index (χ1v) is 11.0. The van der Waals surface area contributed by atoms with Crippen LogP contribution in [0.4, 0.5) is 5.82 Å². The molecule has 0 radical (unpaired) electrons. The van der Waals surface area contributed by atoms with Crippen molar-refractivity contribution in [3.63, 3.8) is 0 Å². The molecule has 2 aliphatic rings. The number of hydrogen-bond acceptors (Lipinski definition) is 6. The fourth-order valence-corrected chi connectivity index (χ4v) is 6.00. The summed E-state index contributed by atoms with van der Waals surface area (Å²) in [5, 5.41) is 12.7. The molecular weight excluding hydrogens is 394 g/mol. The summed E-state index contributed by atoms with van der Waals surface area (Å²) in [6.07, 6.45) is 3.65. The minimum absolute atomic E-state index is 0.124. The Bertz CT molecular complexity index is 842. The third kappa shape index (κ3) is 4.35. The molecule has 5 atom stereocenters. The van der Waals surface area contributed by atoms with E-state index in [9.17, 15) is 19.5 Å². The summed E-state index contributed by atoms with van der Waals surface area (Å²) in [7, 11) is 0. The third-order valence-electron chi connectivity index (χ3n) is 6.00. The van der Waals surface area contributed by atoms with Gasteiger partial charge in [0.1, 0.15) is 12.0 Å². The Morgan fingerprint density at radius 3 is 2.72 bits per heavy atom. The lowest BCUT2D eigenvalue weighted by Gasteiger charge is -2.44. The van der Waals surface area contributed by atoms with Gasteiger partial charge in [0.05, 0.1) is 0 Å². The second-order valence-corrected chi connectivity index (χ2v) is 9.70. The highest BCUT2D eigenvalue weighted by atomic mass is 32.2. The van der Waals surface area contributed by atoms with Crippen LogP contribution in [0.25, 0.3) is 0 Å². The molecule has 160 valence electrons. The van der Waals surface area contributed by atoms with Gasteiger partial charge in [-0.15, -0.1) is 11.8 Å². The van der Waals surface area contributed by atoms with Crippen LogP contribution in [-0.2, 0) is 14.3 Å². The Labute approximate surface area is 174 Å². The van der Waals surface area contributed by atoms with E-state index in [1.165, 1.54) is 35.5 Å². The summed E-state index contributed by atoms with van der Waals surface area (Å²) in [6, 6.07) is 1.51. The van der Waals surface area contributed by atoms with E-state index in [2.05, 4.69) is 31.1 Å². The van der Waals surface area contributed by atoms with Crippen LogP contribution in [0.15, 0.2) is 17.1 Å². The van der Waals surface area contributed by atoms with E-state index in [-0.39, 0.29) is 23.6 Å². The Morgan fingerprint density at radius 2 is 2.14 bits per heavy atom. The van der Waals surface area contributed by atoms with Gasteiger partial charge in [0.2, 0.25) is 10.8 Å². The highest BCUT2D eigenvalue weighted by molar-refractivity contribution is 8.01. The maximum absolute atomic E-state index is 12.5. The predicted molar refractivity (Wildman–Crippen MR) is 111 cm³/mol. The fourth-order valence-electron chi connectivity index (χ4n) is 4.59. The first-order chi connectivity index (χ1) is 13.6. The SMILES string of the molecule is CC(=O)Nc1ccn([C@@H]2CS[C@@](C(=O)O)([C@@H]3C[C@H](C)CC[C@H]3C(C)C)O2)c(=O)n1. The van der Waals surface area contributed by atoms with Gasteiger partial charge in [0.15, 0.2) is 0 Å². The molecular formula is C20H29N3O5S. The topological polar surface area (TPSA) is 111 Å². The molecule has 2 heterocycles. The van der Waals surface area contributed by atoms with E-state index < -0.39 is 22.8 Å². The van der Waals surface area contributed by atoms with Crippen molar-refractivity contribution in [1.82, 2.24) is 9.55 Å². The molecule has 29 heavy (non-hydrogen) atoms. The van der Waals surface area contributed by atoms with Crippen molar-refractivity contribution >= 4 is 29.5 Å². The van der Waals surface area contributed by atoms with E-state index in [0.29, 0.717) is 17.6 Å².